The quantitative estimate of drug-likeness (QED) is 0.304. The zero-order chi connectivity index (χ0) is 21.0. The number of hydrogen-bond donors (Lipinski definition) is 0. The van der Waals surface area contributed by atoms with E-state index in [0.717, 1.165) is 17.6 Å². The van der Waals surface area contributed by atoms with Gasteiger partial charge < -0.3 is 0 Å². The third kappa shape index (κ3) is 2.92. The molecule has 146 valence electrons. The summed E-state index contributed by atoms with van der Waals surface area (Å²) < 4.78 is 0. The topological polar surface area (TPSA) is 0 Å². The van der Waals surface area contributed by atoms with Crippen LogP contribution < -0.4 is 0 Å². The van der Waals surface area contributed by atoms with E-state index in [2.05, 4.69) is 101 Å². The second-order valence-electron chi connectivity index (χ2n) is 8.64. The van der Waals surface area contributed by atoms with Crippen molar-refractivity contribution >= 4 is 38.3 Å². The minimum atomic E-state index is 0.949. The highest BCUT2D eigenvalue weighted by Crippen LogP contribution is 2.41. The molecule has 0 spiro atoms. The molecule has 0 heteroatoms. The van der Waals surface area contributed by atoms with E-state index in [1.165, 1.54) is 60.5 Å². The van der Waals surface area contributed by atoms with Gasteiger partial charge in [0.15, 0.2) is 0 Å². The average molecular weight is 387 g/mol. The number of rotatable bonds is 2. The summed E-state index contributed by atoms with van der Waals surface area (Å²) in [5, 5.41) is 5.05. The Kier molecular flexibility index (Phi) is 4.25. The molecule has 1 aliphatic rings. The summed E-state index contributed by atoms with van der Waals surface area (Å²) >= 11 is 0. The third-order valence-corrected chi connectivity index (χ3v) is 6.30. The SMILES string of the molecule is C=C1C(c2cc(C(=C)C)c3cc4ccccc4cc3c2)=CCc2cc(C)cc(C)c21. The van der Waals surface area contributed by atoms with Crippen LogP contribution in [-0.4, -0.2) is 0 Å². The predicted octanol–water partition coefficient (Wildman–Crippen LogP) is 8.30. The van der Waals surface area contributed by atoms with Crippen LogP contribution in [0.15, 0.2) is 79.9 Å². The molecule has 0 bridgehead atoms. The van der Waals surface area contributed by atoms with Gasteiger partial charge in [0.1, 0.15) is 0 Å². The van der Waals surface area contributed by atoms with E-state index in [4.69, 9.17) is 0 Å². The number of allylic oxidation sites excluding steroid dienone is 4. The molecular formula is C30H26. The van der Waals surface area contributed by atoms with Gasteiger partial charge in [-0.3, -0.25) is 0 Å². The minimum Gasteiger partial charge on any atom is -0.0955 e. The largest absolute Gasteiger partial charge is 0.0955 e. The van der Waals surface area contributed by atoms with Crippen molar-refractivity contribution < 1.29 is 0 Å². The van der Waals surface area contributed by atoms with Gasteiger partial charge in [0, 0.05) is 0 Å². The average Bonchev–Trinajstić information content (AvgIpc) is 2.71. The summed E-state index contributed by atoms with van der Waals surface area (Å²) in [6.07, 6.45) is 3.29. The van der Waals surface area contributed by atoms with Crippen LogP contribution >= 0.6 is 0 Å². The fourth-order valence-corrected chi connectivity index (χ4v) is 4.97. The first kappa shape index (κ1) is 18.6. The Morgan fingerprint density at radius 2 is 1.60 bits per heavy atom. The summed E-state index contributed by atoms with van der Waals surface area (Å²) in [5.74, 6) is 0. The molecule has 0 saturated carbocycles. The molecule has 5 rings (SSSR count). The van der Waals surface area contributed by atoms with Gasteiger partial charge in [-0.15, -0.1) is 0 Å². The molecule has 30 heavy (non-hydrogen) atoms. The van der Waals surface area contributed by atoms with Gasteiger partial charge in [0.2, 0.25) is 0 Å². The lowest BCUT2D eigenvalue weighted by Gasteiger charge is -2.24. The normalized spacial score (nSPS) is 13.4. The second-order valence-corrected chi connectivity index (χ2v) is 8.64. The van der Waals surface area contributed by atoms with Crippen LogP contribution in [0, 0.1) is 13.8 Å². The molecule has 1 aliphatic carbocycles. The molecule has 0 unspecified atom stereocenters. The molecule has 0 fully saturated rings. The Hall–Kier alpha value is -3.38. The molecule has 0 nitrogen and oxygen atoms in total. The lowest BCUT2D eigenvalue weighted by molar-refractivity contribution is 1.19. The Bertz CT molecular complexity index is 1410. The van der Waals surface area contributed by atoms with Crippen LogP contribution in [0.1, 0.15) is 40.3 Å². The standard InChI is InChI=1S/C30H26/c1-18(2)28-17-26(15-25-14-22-8-6-7-9-23(22)16-29(25)28)27-11-10-24-13-19(3)12-20(4)30(24)21(27)5/h6-9,11-17H,1,5,10H2,2-4H3. The zero-order valence-corrected chi connectivity index (χ0v) is 18.0. The van der Waals surface area contributed by atoms with Crippen LogP contribution in [0.5, 0.6) is 0 Å². The van der Waals surface area contributed by atoms with Gasteiger partial charge in [-0.1, -0.05) is 66.8 Å². The highest BCUT2D eigenvalue weighted by molar-refractivity contribution is 6.10. The lowest BCUT2D eigenvalue weighted by Crippen LogP contribution is -2.05. The van der Waals surface area contributed by atoms with Crippen LogP contribution in [0.4, 0.5) is 0 Å². The Balaban J connectivity index is 1.73. The van der Waals surface area contributed by atoms with Crippen molar-refractivity contribution in [3.63, 3.8) is 0 Å². The van der Waals surface area contributed by atoms with Gasteiger partial charge in [-0.05, 0) is 112 Å². The lowest BCUT2D eigenvalue weighted by atomic mass is 9.80. The summed E-state index contributed by atoms with van der Waals surface area (Å²) in [6, 6.07) is 22.3. The molecule has 0 amide bonds. The summed E-state index contributed by atoms with van der Waals surface area (Å²) in [6.45, 7) is 15.3. The molecular weight excluding hydrogens is 360 g/mol. The van der Waals surface area contributed by atoms with Crippen LogP contribution in [0.2, 0.25) is 0 Å². The van der Waals surface area contributed by atoms with Crippen LogP contribution in [0.3, 0.4) is 0 Å². The molecule has 0 heterocycles. The molecule has 0 atom stereocenters. The van der Waals surface area contributed by atoms with Crippen molar-refractivity contribution in [3.05, 3.63) is 113 Å². The molecule has 0 aliphatic heterocycles. The number of aryl methyl sites for hydroxylation is 2. The highest BCUT2D eigenvalue weighted by Gasteiger charge is 2.20. The summed E-state index contributed by atoms with van der Waals surface area (Å²) in [5.41, 5.74) is 11.2. The monoisotopic (exact) mass is 386 g/mol. The van der Waals surface area contributed by atoms with Crippen molar-refractivity contribution in [1.29, 1.82) is 0 Å². The van der Waals surface area contributed by atoms with Crippen LogP contribution in [-0.2, 0) is 6.42 Å². The third-order valence-electron chi connectivity index (χ3n) is 6.30. The van der Waals surface area contributed by atoms with Crippen LogP contribution in [0.25, 0.3) is 38.3 Å². The van der Waals surface area contributed by atoms with E-state index in [1.807, 2.05) is 0 Å². The predicted molar refractivity (Wildman–Crippen MR) is 133 cm³/mol. The molecule has 4 aromatic rings. The van der Waals surface area contributed by atoms with Crippen molar-refractivity contribution in [1.82, 2.24) is 0 Å². The second kappa shape index (κ2) is 6.85. The molecule has 0 saturated heterocycles. The van der Waals surface area contributed by atoms with Gasteiger partial charge in [0.05, 0.1) is 0 Å². The Morgan fingerprint density at radius 3 is 2.33 bits per heavy atom. The van der Waals surface area contributed by atoms with Crippen molar-refractivity contribution in [2.24, 2.45) is 0 Å². The van der Waals surface area contributed by atoms with Crippen molar-refractivity contribution in [2.45, 2.75) is 27.2 Å². The first-order valence-corrected chi connectivity index (χ1v) is 10.5. The van der Waals surface area contributed by atoms with Crippen molar-refractivity contribution in [3.8, 4) is 0 Å². The number of hydrogen-bond acceptors (Lipinski definition) is 0. The highest BCUT2D eigenvalue weighted by atomic mass is 14.2. The van der Waals surface area contributed by atoms with E-state index in [-0.39, 0.29) is 0 Å². The summed E-state index contributed by atoms with van der Waals surface area (Å²) in [7, 11) is 0. The first-order valence-electron chi connectivity index (χ1n) is 10.5. The Labute approximate surface area is 178 Å². The van der Waals surface area contributed by atoms with E-state index < -0.39 is 0 Å². The maximum Gasteiger partial charge on any atom is -0.00817 e. The van der Waals surface area contributed by atoms with Gasteiger partial charge in [-0.2, -0.15) is 0 Å². The van der Waals surface area contributed by atoms with Gasteiger partial charge in [0.25, 0.3) is 0 Å². The summed E-state index contributed by atoms with van der Waals surface area (Å²) in [4.78, 5) is 0. The zero-order valence-electron chi connectivity index (χ0n) is 18.0. The Morgan fingerprint density at radius 1 is 0.867 bits per heavy atom. The van der Waals surface area contributed by atoms with Gasteiger partial charge >= 0.3 is 0 Å². The maximum atomic E-state index is 4.52. The molecule has 4 aromatic carbocycles. The number of benzene rings is 4. The fourth-order valence-electron chi connectivity index (χ4n) is 4.97. The van der Waals surface area contributed by atoms with E-state index in [9.17, 15) is 0 Å². The smallest absolute Gasteiger partial charge is 0.00817 e. The first-order chi connectivity index (χ1) is 14.4. The van der Waals surface area contributed by atoms with Crippen molar-refractivity contribution in [2.75, 3.05) is 0 Å². The molecule has 0 aromatic heterocycles. The van der Waals surface area contributed by atoms with E-state index >= 15 is 0 Å². The van der Waals surface area contributed by atoms with Gasteiger partial charge in [-0.25, -0.2) is 0 Å². The van der Waals surface area contributed by atoms with E-state index in [0.29, 0.717) is 0 Å². The molecule has 0 N–H and O–H groups in total. The fraction of sp³-hybridized carbons (Fsp3) is 0.133. The number of fused-ring (bicyclic) bond motifs is 3. The maximum absolute atomic E-state index is 4.52. The molecule has 0 radical (unpaired) electrons. The minimum absolute atomic E-state index is 0.949. The van der Waals surface area contributed by atoms with E-state index in [1.54, 1.807) is 0 Å².